The molecule has 0 aliphatic heterocycles. The van der Waals surface area contributed by atoms with Crippen molar-refractivity contribution < 1.29 is 57.0 Å². The zero-order valence-corrected chi connectivity index (χ0v) is 13.1. The van der Waals surface area contributed by atoms with Crippen molar-refractivity contribution in [3.63, 3.8) is 0 Å². The smallest absolute Gasteiger partial charge is 0.317 e. The molecule has 0 saturated heterocycles. The van der Waals surface area contributed by atoms with Crippen molar-refractivity contribution in [2.24, 2.45) is 0 Å². The van der Waals surface area contributed by atoms with Crippen LogP contribution in [0.25, 0.3) is 0 Å². The van der Waals surface area contributed by atoms with E-state index in [0.29, 0.717) is 0 Å². The van der Waals surface area contributed by atoms with Gasteiger partial charge in [-0.1, -0.05) is 0 Å². The number of carboxylic acid groups (broad SMARTS) is 4. The Labute approximate surface area is 137 Å². The van der Waals surface area contributed by atoms with Crippen molar-refractivity contribution in [3.05, 3.63) is 0 Å². The standard InChI is InChI=1S/C11H18N2O8.Cr/c1-7(13(5-10(18)19)6-11(20)21)2-12(3-8(14)15)4-9(16)17;/h7H,2-6H2,1H3,(H,14,15)(H,16,17)(H,18,19)(H,20,21);. The molecule has 1 unspecified atom stereocenters. The average molecular weight is 358 g/mol. The number of nitrogens with zero attached hydrogens (tertiary/aromatic N) is 2. The third-order valence-corrected chi connectivity index (χ3v) is 2.54. The van der Waals surface area contributed by atoms with E-state index >= 15 is 0 Å². The predicted octanol–water partition coefficient (Wildman–Crippen LogP) is -1.69. The number of carbonyl (C=O) groups is 4. The number of hydrogen-bond acceptors (Lipinski definition) is 6. The largest absolute Gasteiger partial charge is 0.480 e. The van der Waals surface area contributed by atoms with Gasteiger partial charge in [-0.3, -0.25) is 29.0 Å². The Morgan fingerprint density at radius 3 is 1.36 bits per heavy atom. The van der Waals surface area contributed by atoms with Crippen LogP contribution >= 0.6 is 0 Å². The summed E-state index contributed by atoms with van der Waals surface area (Å²) < 4.78 is 0. The van der Waals surface area contributed by atoms with Crippen molar-refractivity contribution in [3.8, 4) is 0 Å². The predicted molar refractivity (Wildman–Crippen MR) is 68.0 cm³/mol. The van der Waals surface area contributed by atoms with Gasteiger partial charge in [-0.25, -0.2) is 0 Å². The van der Waals surface area contributed by atoms with Crippen molar-refractivity contribution >= 4 is 23.9 Å². The topological polar surface area (TPSA) is 156 Å². The normalized spacial score (nSPS) is 11.8. The van der Waals surface area contributed by atoms with Gasteiger partial charge in [0.25, 0.3) is 0 Å². The molecule has 0 aliphatic rings. The van der Waals surface area contributed by atoms with Gasteiger partial charge in [0.05, 0.1) is 26.2 Å². The van der Waals surface area contributed by atoms with Crippen LogP contribution in [-0.2, 0) is 36.5 Å². The molecule has 0 radical (unpaired) electrons. The summed E-state index contributed by atoms with van der Waals surface area (Å²) in [5.41, 5.74) is 0. The molecule has 0 saturated carbocycles. The second kappa shape index (κ2) is 11.0. The van der Waals surface area contributed by atoms with Gasteiger partial charge in [0.2, 0.25) is 0 Å². The molecule has 0 rings (SSSR count). The summed E-state index contributed by atoms with van der Waals surface area (Å²) in [5.74, 6) is -4.92. The molecule has 0 aromatic rings. The van der Waals surface area contributed by atoms with Crippen LogP contribution in [0.15, 0.2) is 0 Å². The summed E-state index contributed by atoms with van der Waals surface area (Å²) in [6.07, 6.45) is 0. The molecule has 1 atom stereocenters. The zero-order valence-electron chi connectivity index (χ0n) is 11.8. The van der Waals surface area contributed by atoms with Gasteiger partial charge in [-0.15, -0.1) is 0 Å². The fraction of sp³-hybridized carbons (Fsp3) is 0.636. The van der Waals surface area contributed by atoms with Crippen molar-refractivity contribution in [2.75, 3.05) is 32.7 Å². The SMILES string of the molecule is CC(CN(CC(=O)O)CC(=O)O)N(CC(=O)O)CC(=O)O.[Cr]. The second-order valence-electron chi connectivity index (χ2n) is 4.50. The van der Waals surface area contributed by atoms with E-state index < -0.39 is 56.1 Å². The van der Waals surface area contributed by atoms with Crippen LogP contribution in [0.4, 0.5) is 0 Å². The van der Waals surface area contributed by atoms with E-state index in [1.165, 1.54) is 6.92 Å². The van der Waals surface area contributed by atoms with Gasteiger partial charge < -0.3 is 20.4 Å². The second-order valence-corrected chi connectivity index (χ2v) is 4.50. The van der Waals surface area contributed by atoms with Crippen LogP contribution in [-0.4, -0.2) is 92.9 Å². The summed E-state index contributed by atoms with van der Waals surface area (Å²) in [6.45, 7) is -0.736. The molecule has 22 heavy (non-hydrogen) atoms. The van der Waals surface area contributed by atoms with Gasteiger partial charge in [0, 0.05) is 29.9 Å². The summed E-state index contributed by atoms with van der Waals surface area (Å²) in [6, 6.07) is -0.643. The van der Waals surface area contributed by atoms with Crippen LogP contribution in [0.2, 0.25) is 0 Å². The molecule has 0 amide bonds. The molecule has 0 aromatic heterocycles. The van der Waals surface area contributed by atoms with E-state index in [1.54, 1.807) is 0 Å². The third kappa shape index (κ3) is 11.0. The molecule has 10 nitrogen and oxygen atoms in total. The molecule has 11 heteroatoms. The Kier molecular flexibility index (Phi) is 11.3. The van der Waals surface area contributed by atoms with Crippen LogP contribution in [0.5, 0.6) is 0 Å². The van der Waals surface area contributed by atoms with E-state index in [9.17, 15) is 19.2 Å². The Morgan fingerprint density at radius 2 is 1.09 bits per heavy atom. The van der Waals surface area contributed by atoms with Crippen LogP contribution in [0.3, 0.4) is 0 Å². The molecule has 0 aromatic carbocycles. The maximum absolute atomic E-state index is 10.7. The summed E-state index contributed by atoms with van der Waals surface area (Å²) in [5, 5.41) is 34.9. The van der Waals surface area contributed by atoms with Crippen LogP contribution < -0.4 is 0 Å². The van der Waals surface area contributed by atoms with Crippen molar-refractivity contribution in [1.82, 2.24) is 9.80 Å². The van der Waals surface area contributed by atoms with E-state index in [0.717, 1.165) is 9.80 Å². The molecule has 0 aliphatic carbocycles. The zero-order chi connectivity index (χ0) is 16.6. The first kappa shape index (κ1) is 22.6. The minimum atomic E-state index is -1.23. The van der Waals surface area contributed by atoms with Gasteiger partial charge in [-0.05, 0) is 6.92 Å². The Morgan fingerprint density at radius 1 is 0.773 bits per heavy atom. The van der Waals surface area contributed by atoms with Gasteiger partial charge >= 0.3 is 23.9 Å². The van der Waals surface area contributed by atoms with E-state index in [2.05, 4.69) is 0 Å². The molecular weight excluding hydrogens is 340 g/mol. The number of carboxylic acids is 4. The van der Waals surface area contributed by atoms with E-state index in [-0.39, 0.29) is 23.9 Å². The maximum Gasteiger partial charge on any atom is 0.317 e. The number of aliphatic carboxylic acids is 4. The van der Waals surface area contributed by atoms with Crippen molar-refractivity contribution in [1.29, 1.82) is 0 Å². The average Bonchev–Trinajstić information content (AvgIpc) is 2.24. The molecule has 4 N–H and O–H groups in total. The van der Waals surface area contributed by atoms with Gasteiger partial charge in [0.1, 0.15) is 0 Å². The Bertz CT molecular complexity index is 385. The summed E-state index contributed by atoms with van der Waals surface area (Å²) >= 11 is 0. The fourth-order valence-corrected chi connectivity index (χ4v) is 1.77. The first-order chi connectivity index (χ1) is 9.61. The molecule has 0 fully saturated rings. The molecule has 0 bridgehead atoms. The molecule has 0 heterocycles. The van der Waals surface area contributed by atoms with Gasteiger partial charge in [-0.2, -0.15) is 0 Å². The first-order valence-corrected chi connectivity index (χ1v) is 5.95. The number of hydrogen-bond donors (Lipinski definition) is 4. The molecular formula is C11H18CrN2O8. The quantitative estimate of drug-likeness (QED) is 0.336. The fourth-order valence-electron chi connectivity index (χ4n) is 1.77. The Hall–Kier alpha value is -1.67. The Balaban J connectivity index is 0. The maximum atomic E-state index is 10.7. The van der Waals surface area contributed by atoms with Gasteiger partial charge in [0.15, 0.2) is 0 Å². The molecule has 0 spiro atoms. The van der Waals surface area contributed by atoms with Crippen LogP contribution in [0.1, 0.15) is 6.92 Å². The minimum Gasteiger partial charge on any atom is -0.480 e. The number of rotatable bonds is 11. The van der Waals surface area contributed by atoms with E-state index in [1.807, 2.05) is 0 Å². The minimum absolute atomic E-state index is 0. The third-order valence-electron chi connectivity index (χ3n) is 2.54. The first-order valence-electron chi connectivity index (χ1n) is 5.95. The van der Waals surface area contributed by atoms with Crippen molar-refractivity contribution in [2.45, 2.75) is 13.0 Å². The van der Waals surface area contributed by atoms with E-state index in [4.69, 9.17) is 20.4 Å². The molecule has 126 valence electrons. The summed E-state index contributed by atoms with van der Waals surface area (Å²) in [7, 11) is 0. The van der Waals surface area contributed by atoms with Crippen LogP contribution in [0, 0.1) is 0 Å². The summed E-state index contributed by atoms with van der Waals surface area (Å²) in [4.78, 5) is 44.9. The monoisotopic (exact) mass is 358 g/mol.